The molecule has 1 aliphatic rings. The summed E-state index contributed by atoms with van der Waals surface area (Å²) in [6, 6.07) is 4.07. The first kappa shape index (κ1) is 10.7. The van der Waals surface area contributed by atoms with Gasteiger partial charge < -0.3 is 5.73 Å². The fourth-order valence-corrected chi connectivity index (χ4v) is 2.59. The van der Waals surface area contributed by atoms with E-state index in [1.807, 2.05) is 6.07 Å². The maximum atomic E-state index is 5.63. The predicted molar refractivity (Wildman–Crippen MR) is 64.5 cm³/mol. The maximum Gasteiger partial charge on any atom is 0.177 e. The van der Waals surface area contributed by atoms with Crippen molar-refractivity contribution in [1.82, 2.24) is 19.8 Å². The monoisotopic (exact) mass is 231 g/mol. The number of nitrogens with two attached hydrogens (primary N) is 1. The number of hydrogen-bond donors (Lipinski definition) is 1. The predicted octanol–water partition coefficient (Wildman–Crippen LogP) is 1.63. The van der Waals surface area contributed by atoms with E-state index in [9.17, 15) is 0 Å². The molecule has 5 heteroatoms. The Labute approximate surface area is 100 Å². The first-order valence-corrected chi connectivity index (χ1v) is 6.30. The molecule has 0 aliphatic heterocycles. The Kier molecular flexibility index (Phi) is 2.76. The molecule has 0 bridgehead atoms. The van der Waals surface area contributed by atoms with Crippen LogP contribution in [0.15, 0.2) is 12.1 Å². The molecule has 1 fully saturated rings. The fraction of sp³-hybridized carbons (Fsp3) is 0.583. The highest BCUT2D eigenvalue weighted by Gasteiger charge is 2.18. The van der Waals surface area contributed by atoms with Crippen molar-refractivity contribution in [2.24, 2.45) is 5.73 Å². The van der Waals surface area contributed by atoms with Gasteiger partial charge in [-0.25, -0.2) is 0 Å². The van der Waals surface area contributed by atoms with Crippen molar-refractivity contribution < 1.29 is 0 Å². The molecule has 0 saturated heterocycles. The van der Waals surface area contributed by atoms with Crippen LogP contribution >= 0.6 is 0 Å². The molecule has 90 valence electrons. The average molecular weight is 231 g/mol. The number of hydrogen-bond acceptors (Lipinski definition) is 4. The Balaban J connectivity index is 1.99. The van der Waals surface area contributed by atoms with Crippen LogP contribution in [0.2, 0.25) is 0 Å². The molecule has 1 saturated carbocycles. The molecule has 0 aromatic carbocycles. The van der Waals surface area contributed by atoms with E-state index in [2.05, 4.69) is 21.4 Å². The first-order valence-electron chi connectivity index (χ1n) is 6.30. The van der Waals surface area contributed by atoms with Crippen molar-refractivity contribution in [2.75, 3.05) is 0 Å². The lowest BCUT2D eigenvalue weighted by atomic mass is 9.87. The standard InChI is InChI=1S/C12H17N5/c13-8-12-15-14-11-7-6-10(16-17(11)12)9-4-2-1-3-5-9/h6-7,9H,1-5,8,13H2. The molecule has 17 heavy (non-hydrogen) atoms. The molecule has 0 unspecified atom stereocenters. The van der Waals surface area contributed by atoms with Gasteiger partial charge in [0.15, 0.2) is 11.5 Å². The van der Waals surface area contributed by atoms with Gasteiger partial charge in [-0.1, -0.05) is 19.3 Å². The minimum atomic E-state index is 0.377. The van der Waals surface area contributed by atoms with Gasteiger partial charge in [0.25, 0.3) is 0 Å². The van der Waals surface area contributed by atoms with Gasteiger partial charge in [0, 0.05) is 5.92 Å². The lowest BCUT2D eigenvalue weighted by Crippen LogP contribution is -2.11. The molecule has 0 radical (unpaired) electrons. The zero-order chi connectivity index (χ0) is 11.7. The number of nitrogens with zero attached hydrogens (tertiary/aromatic N) is 4. The Morgan fingerprint density at radius 3 is 2.76 bits per heavy atom. The molecule has 2 aromatic rings. The van der Waals surface area contributed by atoms with Gasteiger partial charge in [-0.3, -0.25) is 0 Å². The molecule has 2 N–H and O–H groups in total. The molecule has 2 heterocycles. The number of aromatic nitrogens is 4. The summed E-state index contributed by atoms with van der Waals surface area (Å²) in [4.78, 5) is 0. The summed E-state index contributed by atoms with van der Waals surface area (Å²) >= 11 is 0. The second kappa shape index (κ2) is 4.41. The summed E-state index contributed by atoms with van der Waals surface area (Å²) < 4.78 is 1.78. The van der Waals surface area contributed by atoms with Crippen LogP contribution in [0, 0.1) is 0 Å². The Hall–Kier alpha value is -1.49. The van der Waals surface area contributed by atoms with Gasteiger partial charge >= 0.3 is 0 Å². The van der Waals surface area contributed by atoms with Gasteiger partial charge in [-0.05, 0) is 25.0 Å². The molecule has 1 aliphatic carbocycles. The molecule has 0 amide bonds. The van der Waals surface area contributed by atoms with Crippen LogP contribution < -0.4 is 5.73 Å². The second-order valence-corrected chi connectivity index (χ2v) is 4.68. The van der Waals surface area contributed by atoms with E-state index in [1.165, 1.54) is 32.1 Å². The Morgan fingerprint density at radius 2 is 2.00 bits per heavy atom. The molecule has 3 rings (SSSR count). The lowest BCUT2D eigenvalue weighted by Gasteiger charge is -2.20. The van der Waals surface area contributed by atoms with Crippen molar-refractivity contribution >= 4 is 5.65 Å². The molecule has 5 nitrogen and oxygen atoms in total. The van der Waals surface area contributed by atoms with Crippen LogP contribution in [0.4, 0.5) is 0 Å². The fourth-order valence-electron chi connectivity index (χ4n) is 2.59. The van der Waals surface area contributed by atoms with Gasteiger partial charge in [0.2, 0.25) is 0 Å². The van der Waals surface area contributed by atoms with E-state index in [1.54, 1.807) is 4.52 Å². The SMILES string of the molecule is NCc1nnc2ccc(C3CCCCC3)nn12. The van der Waals surface area contributed by atoms with E-state index in [-0.39, 0.29) is 0 Å². The third-order valence-electron chi connectivity index (χ3n) is 3.55. The molecule has 0 spiro atoms. The van der Waals surface area contributed by atoms with E-state index in [0.717, 1.165) is 17.2 Å². The minimum absolute atomic E-state index is 0.377. The van der Waals surface area contributed by atoms with Gasteiger partial charge in [0.1, 0.15) is 0 Å². The van der Waals surface area contributed by atoms with Crippen LogP contribution in [-0.2, 0) is 6.54 Å². The van der Waals surface area contributed by atoms with E-state index < -0.39 is 0 Å². The topological polar surface area (TPSA) is 69.1 Å². The molecule has 0 atom stereocenters. The van der Waals surface area contributed by atoms with Crippen molar-refractivity contribution in [2.45, 2.75) is 44.6 Å². The van der Waals surface area contributed by atoms with Crippen molar-refractivity contribution in [1.29, 1.82) is 0 Å². The van der Waals surface area contributed by atoms with Gasteiger partial charge in [0.05, 0.1) is 12.2 Å². The van der Waals surface area contributed by atoms with Crippen molar-refractivity contribution in [3.63, 3.8) is 0 Å². The third-order valence-corrected chi connectivity index (χ3v) is 3.55. The zero-order valence-electron chi connectivity index (χ0n) is 9.84. The second-order valence-electron chi connectivity index (χ2n) is 4.68. The summed E-state index contributed by atoms with van der Waals surface area (Å²) in [7, 11) is 0. The molecule has 2 aromatic heterocycles. The maximum absolute atomic E-state index is 5.63. The number of rotatable bonds is 2. The quantitative estimate of drug-likeness (QED) is 0.853. The smallest absolute Gasteiger partial charge is 0.177 e. The largest absolute Gasteiger partial charge is 0.324 e. The Morgan fingerprint density at radius 1 is 1.18 bits per heavy atom. The van der Waals surface area contributed by atoms with E-state index in [0.29, 0.717) is 12.5 Å². The minimum Gasteiger partial charge on any atom is -0.324 e. The highest BCUT2D eigenvalue weighted by Crippen LogP contribution is 2.31. The van der Waals surface area contributed by atoms with Crippen LogP contribution in [0.5, 0.6) is 0 Å². The molecular weight excluding hydrogens is 214 g/mol. The number of fused-ring (bicyclic) bond motifs is 1. The van der Waals surface area contributed by atoms with Crippen LogP contribution in [0.3, 0.4) is 0 Å². The van der Waals surface area contributed by atoms with Gasteiger partial charge in [-0.2, -0.15) is 9.61 Å². The summed E-state index contributed by atoms with van der Waals surface area (Å²) in [5, 5.41) is 12.7. The lowest BCUT2D eigenvalue weighted by molar-refractivity contribution is 0.432. The first-order chi connectivity index (χ1) is 8.38. The summed E-state index contributed by atoms with van der Waals surface area (Å²) in [5.41, 5.74) is 7.57. The van der Waals surface area contributed by atoms with Crippen molar-refractivity contribution in [3.8, 4) is 0 Å². The normalized spacial score (nSPS) is 17.7. The van der Waals surface area contributed by atoms with E-state index >= 15 is 0 Å². The van der Waals surface area contributed by atoms with Crippen LogP contribution in [0.1, 0.15) is 49.5 Å². The highest BCUT2D eigenvalue weighted by atomic mass is 15.4. The zero-order valence-corrected chi connectivity index (χ0v) is 9.84. The van der Waals surface area contributed by atoms with Crippen LogP contribution in [-0.4, -0.2) is 19.8 Å². The highest BCUT2D eigenvalue weighted by molar-refractivity contribution is 5.36. The average Bonchev–Trinajstić information content (AvgIpc) is 2.81. The van der Waals surface area contributed by atoms with Crippen LogP contribution in [0.25, 0.3) is 5.65 Å². The summed E-state index contributed by atoms with van der Waals surface area (Å²) in [5.74, 6) is 1.33. The third kappa shape index (κ3) is 1.91. The Bertz CT molecular complexity index is 513. The van der Waals surface area contributed by atoms with E-state index in [4.69, 9.17) is 5.73 Å². The summed E-state index contributed by atoms with van der Waals surface area (Å²) in [6.07, 6.45) is 6.49. The summed E-state index contributed by atoms with van der Waals surface area (Å²) in [6.45, 7) is 0.377. The van der Waals surface area contributed by atoms with Gasteiger partial charge in [-0.15, -0.1) is 10.2 Å². The molecular formula is C12H17N5. The van der Waals surface area contributed by atoms with Crippen molar-refractivity contribution in [3.05, 3.63) is 23.7 Å².